The van der Waals surface area contributed by atoms with Crippen molar-refractivity contribution >= 4 is 11.4 Å². The monoisotopic (exact) mass is 281 g/mol. The second kappa shape index (κ2) is 7.31. The lowest BCUT2D eigenvalue weighted by atomic mass is 9.80. The summed E-state index contributed by atoms with van der Waals surface area (Å²) in [7, 11) is 0. The van der Waals surface area contributed by atoms with Crippen molar-refractivity contribution in [3.05, 3.63) is 60.2 Å². The number of hydrogen-bond donors (Lipinski definition) is 1. The molecule has 0 aliphatic rings. The molecule has 0 bridgehead atoms. The summed E-state index contributed by atoms with van der Waals surface area (Å²) in [6.07, 6.45) is 5.19. The van der Waals surface area contributed by atoms with Crippen molar-refractivity contribution in [2.45, 2.75) is 51.9 Å². The Morgan fingerprint density at radius 3 is 2.05 bits per heavy atom. The van der Waals surface area contributed by atoms with Gasteiger partial charge in [0.05, 0.1) is 0 Å². The van der Waals surface area contributed by atoms with Crippen molar-refractivity contribution in [3.63, 3.8) is 0 Å². The molecule has 0 amide bonds. The van der Waals surface area contributed by atoms with Crippen molar-refractivity contribution < 1.29 is 0 Å². The van der Waals surface area contributed by atoms with Crippen molar-refractivity contribution in [2.24, 2.45) is 0 Å². The van der Waals surface area contributed by atoms with Crippen molar-refractivity contribution in [1.29, 1.82) is 0 Å². The second-order valence-electron chi connectivity index (χ2n) is 6.41. The predicted molar refractivity (Wildman–Crippen MR) is 93.3 cm³/mol. The molecule has 0 radical (unpaired) electrons. The maximum atomic E-state index is 3.43. The topological polar surface area (TPSA) is 12.0 Å². The zero-order valence-electron chi connectivity index (χ0n) is 13.5. The van der Waals surface area contributed by atoms with Crippen molar-refractivity contribution in [1.82, 2.24) is 0 Å². The number of anilines is 2. The van der Waals surface area contributed by atoms with E-state index in [-0.39, 0.29) is 5.41 Å². The van der Waals surface area contributed by atoms with Crippen LogP contribution in [-0.2, 0) is 5.41 Å². The number of unbranched alkanes of at least 4 members (excludes halogenated alkanes) is 2. The van der Waals surface area contributed by atoms with Gasteiger partial charge in [0, 0.05) is 11.4 Å². The van der Waals surface area contributed by atoms with Crippen LogP contribution in [0.3, 0.4) is 0 Å². The van der Waals surface area contributed by atoms with E-state index in [4.69, 9.17) is 0 Å². The second-order valence-corrected chi connectivity index (χ2v) is 6.41. The summed E-state index contributed by atoms with van der Waals surface area (Å²) >= 11 is 0. The van der Waals surface area contributed by atoms with Gasteiger partial charge in [0.2, 0.25) is 0 Å². The predicted octanol–water partition coefficient (Wildman–Crippen LogP) is 6.29. The highest BCUT2D eigenvalue weighted by molar-refractivity contribution is 5.59. The van der Waals surface area contributed by atoms with Gasteiger partial charge in [0.15, 0.2) is 0 Å². The van der Waals surface area contributed by atoms with Crippen LogP contribution >= 0.6 is 0 Å². The smallest absolute Gasteiger partial charge is 0.0384 e. The Kier molecular flexibility index (Phi) is 5.44. The Labute approximate surface area is 129 Å². The molecule has 0 aliphatic heterocycles. The van der Waals surface area contributed by atoms with Gasteiger partial charge in [0.25, 0.3) is 0 Å². The summed E-state index contributed by atoms with van der Waals surface area (Å²) in [5.41, 5.74) is 3.97. The number of nitrogens with one attached hydrogen (secondary N) is 1. The molecule has 0 saturated heterocycles. The van der Waals surface area contributed by atoms with E-state index in [1.165, 1.54) is 31.2 Å². The average molecular weight is 281 g/mol. The number of hydrogen-bond acceptors (Lipinski definition) is 1. The van der Waals surface area contributed by atoms with Gasteiger partial charge in [-0.1, -0.05) is 70.4 Å². The summed E-state index contributed by atoms with van der Waals surface area (Å²) < 4.78 is 0. The number of rotatable bonds is 7. The van der Waals surface area contributed by atoms with Crippen molar-refractivity contribution in [2.75, 3.05) is 5.32 Å². The van der Waals surface area contributed by atoms with Gasteiger partial charge in [-0.3, -0.25) is 0 Å². The fraction of sp³-hybridized carbons (Fsp3) is 0.400. The van der Waals surface area contributed by atoms with Gasteiger partial charge in [-0.25, -0.2) is 0 Å². The van der Waals surface area contributed by atoms with E-state index in [2.05, 4.69) is 62.5 Å². The standard InChI is InChI=1S/C20H27N/c1-4-5-9-16-20(2,3)17-12-14-19(15-13-17)21-18-10-7-6-8-11-18/h6-8,10-15,21H,4-5,9,16H2,1-3H3. The first kappa shape index (κ1) is 15.6. The van der Waals surface area contributed by atoms with Crippen molar-refractivity contribution in [3.8, 4) is 0 Å². The summed E-state index contributed by atoms with van der Waals surface area (Å²) in [4.78, 5) is 0. The first-order valence-electron chi connectivity index (χ1n) is 8.04. The summed E-state index contributed by atoms with van der Waals surface area (Å²) in [5, 5.41) is 3.43. The minimum atomic E-state index is 0.264. The minimum absolute atomic E-state index is 0.264. The maximum absolute atomic E-state index is 3.43. The molecule has 0 unspecified atom stereocenters. The molecular formula is C20H27N. The largest absolute Gasteiger partial charge is 0.356 e. The van der Waals surface area contributed by atoms with E-state index >= 15 is 0 Å². The SMILES string of the molecule is CCCCCC(C)(C)c1ccc(Nc2ccccc2)cc1. The Balaban J connectivity index is 2.01. The van der Waals surface area contributed by atoms with E-state index in [0.29, 0.717) is 0 Å². The summed E-state index contributed by atoms with van der Waals surface area (Å²) in [6.45, 7) is 6.96. The van der Waals surface area contributed by atoms with Crippen LogP contribution in [0.25, 0.3) is 0 Å². The highest BCUT2D eigenvalue weighted by Crippen LogP contribution is 2.30. The van der Waals surface area contributed by atoms with Crippen LogP contribution in [0.2, 0.25) is 0 Å². The number of benzene rings is 2. The van der Waals surface area contributed by atoms with Gasteiger partial charge in [-0.15, -0.1) is 0 Å². The van der Waals surface area contributed by atoms with Crippen LogP contribution in [0.4, 0.5) is 11.4 Å². The fourth-order valence-electron chi connectivity index (χ4n) is 2.65. The summed E-state index contributed by atoms with van der Waals surface area (Å²) in [5.74, 6) is 0. The van der Waals surface area contributed by atoms with Gasteiger partial charge in [-0.2, -0.15) is 0 Å². The van der Waals surface area contributed by atoms with Gasteiger partial charge >= 0.3 is 0 Å². The molecule has 2 rings (SSSR count). The average Bonchev–Trinajstić information content (AvgIpc) is 2.49. The molecule has 0 aliphatic carbocycles. The van der Waals surface area contributed by atoms with Crippen LogP contribution in [0, 0.1) is 0 Å². The molecule has 112 valence electrons. The van der Waals surface area contributed by atoms with Crippen LogP contribution < -0.4 is 5.32 Å². The highest BCUT2D eigenvalue weighted by atomic mass is 14.9. The fourth-order valence-corrected chi connectivity index (χ4v) is 2.65. The molecule has 0 fully saturated rings. The third-order valence-electron chi connectivity index (χ3n) is 4.13. The number of para-hydroxylation sites is 1. The van der Waals surface area contributed by atoms with Gasteiger partial charge in [-0.05, 0) is 41.7 Å². The molecule has 0 aromatic heterocycles. The van der Waals surface area contributed by atoms with E-state index in [9.17, 15) is 0 Å². The Morgan fingerprint density at radius 2 is 1.43 bits per heavy atom. The molecule has 2 aromatic rings. The lowest BCUT2D eigenvalue weighted by molar-refractivity contribution is 0.450. The molecule has 0 heterocycles. The van der Waals surface area contributed by atoms with Crippen LogP contribution in [-0.4, -0.2) is 0 Å². The first-order valence-corrected chi connectivity index (χ1v) is 8.04. The Morgan fingerprint density at radius 1 is 0.810 bits per heavy atom. The summed E-state index contributed by atoms with van der Waals surface area (Å²) in [6, 6.07) is 19.2. The third-order valence-corrected chi connectivity index (χ3v) is 4.13. The molecule has 1 nitrogen and oxygen atoms in total. The Hall–Kier alpha value is -1.76. The van der Waals surface area contributed by atoms with Gasteiger partial charge in [0.1, 0.15) is 0 Å². The third kappa shape index (κ3) is 4.63. The zero-order chi connectivity index (χ0) is 15.1. The Bertz CT molecular complexity index is 526. The molecule has 1 N–H and O–H groups in total. The van der Waals surface area contributed by atoms with E-state index in [0.717, 1.165) is 11.4 Å². The normalized spacial score (nSPS) is 11.4. The molecule has 21 heavy (non-hydrogen) atoms. The van der Waals surface area contributed by atoms with E-state index in [1.807, 2.05) is 18.2 Å². The van der Waals surface area contributed by atoms with E-state index < -0.39 is 0 Å². The molecule has 1 heteroatoms. The van der Waals surface area contributed by atoms with Crippen LogP contribution in [0.5, 0.6) is 0 Å². The lowest BCUT2D eigenvalue weighted by Gasteiger charge is -2.25. The lowest BCUT2D eigenvalue weighted by Crippen LogP contribution is -2.16. The minimum Gasteiger partial charge on any atom is -0.356 e. The van der Waals surface area contributed by atoms with E-state index in [1.54, 1.807) is 0 Å². The zero-order valence-corrected chi connectivity index (χ0v) is 13.5. The molecular weight excluding hydrogens is 254 g/mol. The van der Waals surface area contributed by atoms with Crippen LogP contribution in [0.1, 0.15) is 52.0 Å². The highest BCUT2D eigenvalue weighted by Gasteiger charge is 2.19. The molecule has 2 aromatic carbocycles. The first-order chi connectivity index (χ1) is 10.1. The molecule has 0 atom stereocenters. The maximum Gasteiger partial charge on any atom is 0.0384 e. The van der Waals surface area contributed by atoms with Crippen LogP contribution in [0.15, 0.2) is 54.6 Å². The van der Waals surface area contributed by atoms with Gasteiger partial charge < -0.3 is 5.32 Å². The molecule has 0 spiro atoms. The molecule has 0 saturated carbocycles. The quantitative estimate of drug-likeness (QED) is 0.588.